The quantitative estimate of drug-likeness (QED) is 0.838. The summed E-state index contributed by atoms with van der Waals surface area (Å²) in [4.78, 5) is 1.03. The number of ether oxygens (including phenoxy) is 1. The van der Waals surface area contributed by atoms with Crippen molar-refractivity contribution in [3.8, 4) is 11.9 Å². The van der Waals surface area contributed by atoms with Crippen molar-refractivity contribution >= 4 is 27.3 Å². The molecular weight excluding hydrogens is 328 g/mol. The van der Waals surface area contributed by atoms with Crippen molar-refractivity contribution in [1.29, 1.82) is 5.26 Å². The molecule has 19 heavy (non-hydrogen) atoms. The average molecular weight is 337 g/mol. The molecule has 0 aliphatic carbocycles. The molecule has 0 radical (unpaired) electrons. The van der Waals surface area contributed by atoms with Gasteiger partial charge in [0, 0.05) is 10.6 Å². The van der Waals surface area contributed by atoms with Crippen LogP contribution in [0.25, 0.3) is 0 Å². The van der Waals surface area contributed by atoms with E-state index in [0.717, 1.165) is 19.9 Å². The minimum absolute atomic E-state index is 0.121. The molecule has 1 aliphatic rings. The fourth-order valence-electron chi connectivity index (χ4n) is 2.17. The van der Waals surface area contributed by atoms with Crippen LogP contribution in [-0.4, -0.2) is 10.2 Å². The molecule has 0 bridgehead atoms. The second kappa shape index (κ2) is 4.40. The van der Waals surface area contributed by atoms with E-state index in [9.17, 15) is 5.26 Å². The number of nitrogens with one attached hydrogen (secondary N) is 1. The van der Waals surface area contributed by atoms with E-state index in [1.54, 1.807) is 11.3 Å². The van der Waals surface area contributed by atoms with E-state index in [4.69, 9.17) is 10.5 Å². The summed E-state index contributed by atoms with van der Waals surface area (Å²) in [5.74, 6) is 0.350. The van der Waals surface area contributed by atoms with Gasteiger partial charge in [-0.3, -0.25) is 5.10 Å². The van der Waals surface area contributed by atoms with Crippen LogP contribution < -0.4 is 10.5 Å². The fourth-order valence-corrected chi connectivity index (χ4v) is 3.71. The minimum atomic E-state index is -0.219. The lowest BCUT2D eigenvalue weighted by molar-refractivity contribution is 0.379. The largest absolute Gasteiger partial charge is 0.420 e. The average Bonchev–Trinajstić information content (AvgIpc) is 2.95. The third-order valence-electron chi connectivity index (χ3n) is 3.01. The van der Waals surface area contributed by atoms with Crippen LogP contribution in [0.1, 0.15) is 22.1 Å². The van der Waals surface area contributed by atoms with Crippen molar-refractivity contribution in [1.82, 2.24) is 10.2 Å². The molecule has 3 rings (SSSR count). The van der Waals surface area contributed by atoms with Gasteiger partial charge < -0.3 is 10.5 Å². The van der Waals surface area contributed by atoms with Crippen LogP contribution in [0.2, 0.25) is 0 Å². The highest BCUT2D eigenvalue weighted by atomic mass is 79.9. The first-order valence-corrected chi connectivity index (χ1v) is 7.10. The zero-order valence-corrected chi connectivity index (χ0v) is 12.3. The number of hydrogen-bond donors (Lipinski definition) is 2. The number of halogens is 1. The summed E-state index contributed by atoms with van der Waals surface area (Å²) in [6, 6.07) is 6.08. The van der Waals surface area contributed by atoms with Crippen LogP contribution in [0, 0.1) is 18.3 Å². The van der Waals surface area contributed by atoms with Gasteiger partial charge in [-0.1, -0.05) is 0 Å². The highest BCUT2D eigenvalue weighted by Gasteiger charge is 2.34. The van der Waals surface area contributed by atoms with Gasteiger partial charge in [0.25, 0.3) is 0 Å². The second-order valence-electron chi connectivity index (χ2n) is 4.13. The summed E-state index contributed by atoms with van der Waals surface area (Å²) in [6.45, 7) is 1.90. The number of nitrogens with zero attached hydrogens (tertiary/aromatic N) is 2. The lowest BCUT2D eigenvalue weighted by Gasteiger charge is -2.22. The Kier molecular flexibility index (Phi) is 2.84. The number of fused-ring (bicyclic) bond motifs is 1. The van der Waals surface area contributed by atoms with Crippen molar-refractivity contribution < 1.29 is 4.74 Å². The van der Waals surface area contributed by atoms with Crippen LogP contribution in [0.3, 0.4) is 0 Å². The van der Waals surface area contributed by atoms with Crippen LogP contribution >= 0.6 is 27.3 Å². The number of H-pyrrole nitrogens is 1. The summed E-state index contributed by atoms with van der Waals surface area (Å²) in [5, 5.41) is 16.3. The van der Waals surface area contributed by atoms with Crippen molar-refractivity contribution in [3.05, 3.63) is 43.5 Å². The Hall–Kier alpha value is -1.78. The summed E-state index contributed by atoms with van der Waals surface area (Å²) in [5.41, 5.74) is 8.00. The minimum Gasteiger partial charge on any atom is -0.420 e. The molecule has 0 spiro atoms. The Morgan fingerprint density at radius 3 is 3.00 bits per heavy atom. The molecule has 1 aliphatic heterocycles. The van der Waals surface area contributed by atoms with Gasteiger partial charge in [0.15, 0.2) is 0 Å². The molecule has 0 saturated carbocycles. The highest BCUT2D eigenvalue weighted by Crippen LogP contribution is 2.45. The smallest absolute Gasteiger partial charge is 0.244 e. The zero-order valence-electron chi connectivity index (χ0n) is 9.90. The summed E-state index contributed by atoms with van der Waals surface area (Å²) < 4.78 is 6.41. The van der Waals surface area contributed by atoms with E-state index in [1.165, 1.54) is 0 Å². The van der Waals surface area contributed by atoms with Crippen LogP contribution in [0.5, 0.6) is 5.88 Å². The molecule has 3 N–H and O–H groups in total. The first kappa shape index (κ1) is 12.3. The Morgan fingerprint density at radius 1 is 1.58 bits per heavy atom. The Labute approximate surface area is 121 Å². The maximum Gasteiger partial charge on any atom is 0.244 e. The Bertz CT molecular complexity index is 724. The predicted molar refractivity (Wildman–Crippen MR) is 74.6 cm³/mol. The van der Waals surface area contributed by atoms with Crippen molar-refractivity contribution in [2.24, 2.45) is 5.73 Å². The molecule has 0 amide bonds. The molecule has 7 heteroatoms. The number of nitriles is 1. The van der Waals surface area contributed by atoms with Gasteiger partial charge in [0.1, 0.15) is 11.6 Å². The monoisotopic (exact) mass is 336 g/mol. The number of rotatable bonds is 1. The molecule has 2 aromatic heterocycles. The molecule has 0 saturated heterocycles. The summed E-state index contributed by atoms with van der Waals surface area (Å²) in [6.07, 6.45) is 0. The maximum atomic E-state index is 9.35. The number of hydrogen-bond acceptors (Lipinski definition) is 5. The maximum absolute atomic E-state index is 9.35. The predicted octanol–water partition coefficient (Wildman–Crippen LogP) is 2.76. The molecule has 2 aromatic rings. The first-order valence-electron chi connectivity index (χ1n) is 5.49. The van der Waals surface area contributed by atoms with Gasteiger partial charge in [-0.05, 0) is 35.0 Å². The van der Waals surface area contributed by atoms with Gasteiger partial charge in [-0.2, -0.15) is 5.26 Å². The summed E-state index contributed by atoms with van der Waals surface area (Å²) >= 11 is 5.01. The van der Waals surface area contributed by atoms with E-state index < -0.39 is 0 Å². The van der Waals surface area contributed by atoms with Crippen molar-refractivity contribution in [3.63, 3.8) is 0 Å². The first-order chi connectivity index (χ1) is 9.11. The number of thiophene rings is 1. The molecular formula is C12H9BrN4OS. The van der Waals surface area contributed by atoms with Gasteiger partial charge >= 0.3 is 0 Å². The molecule has 96 valence electrons. The zero-order chi connectivity index (χ0) is 13.6. The number of aryl methyl sites for hydroxylation is 1. The topological polar surface area (TPSA) is 87.7 Å². The molecule has 1 atom stereocenters. The lowest BCUT2D eigenvalue weighted by Crippen LogP contribution is -2.20. The van der Waals surface area contributed by atoms with Crippen molar-refractivity contribution in [2.75, 3.05) is 0 Å². The van der Waals surface area contributed by atoms with Gasteiger partial charge in [-0.15, -0.1) is 16.4 Å². The standard InChI is InChI=1S/C12H9BrN4OS/c1-5-9-10(7-2-3-8(13)19-7)6(4-14)11(15)18-12(9)17-16-5/h2-3,10H,15H2,1H3,(H,16,17)/t10-/m1/s1. The van der Waals surface area contributed by atoms with Crippen LogP contribution in [0.4, 0.5) is 0 Å². The van der Waals surface area contributed by atoms with Gasteiger partial charge in [0.2, 0.25) is 11.8 Å². The normalized spacial score (nSPS) is 17.8. The molecule has 3 heterocycles. The summed E-state index contributed by atoms with van der Waals surface area (Å²) in [7, 11) is 0. The molecule has 5 nitrogen and oxygen atoms in total. The third kappa shape index (κ3) is 1.84. The number of nitrogens with two attached hydrogens (primary N) is 1. The van der Waals surface area contributed by atoms with E-state index >= 15 is 0 Å². The fraction of sp³-hybridized carbons (Fsp3) is 0.167. The molecule has 0 fully saturated rings. The van der Waals surface area contributed by atoms with Crippen LogP contribution in [-0.2, 0) is 0 Å². The number of aromatic nitrogens is 2. The van der Waals surface area contributed by atoms with Crippen molar-refractivity contribution in [2.45, 2.75) is 12.8 Å². The van der Waals surface area contributed by atoms with Gasteiger partial charge in [0.05, 0.1) is 15.3 Å². The van der Waals surface area contributed by atoms with Crippen LogP contribution in [0.15, 0.2) is 27.4 Å². The molecule has 0 unspecified atom stereocenters. The highest BCUT2D eigenvalue weighted by molar-refractivity contribution is 9.11. The lowest BCUT2D eigenvalue weighted by atomic mass is 9.89. The Balaban J connectivity index is 2.24. The van der Waals surface area contributed by atoms with E-state index in [2.05, 4.69) is 32.2 Å². The second-order valence-corrected chi connectivity index (χ2v) is 6.63. The third-order valence-corrected chi connectivity index (χ3v) is 4.70. The number of allylic oxidation sites excluding steroid dienone is 1. The Morgan fingerprint density at radius 2 is 2.37 bits per heavy atom. The SMILES string of the molecule is Cc1[nH]nc2c1[C@@H](c1ccc(Br)s1)C(C#N)=C(N)O2. The van der Waals surface area contributed by atoms with E-state index in [1.807, 2.05) is 19.1 Å². The van der Waals surface area contributed by atoms with E-state index in [0.29, 0.717) is 11.5 Å². The molecule has 0 aromatic carbocycles. The van der Waals surface area contributed by atoms with Gasteiger partial charge in [-0.25, -0.2) is 0 Å². The van der Waals surface area contributed by atoms with E-state index in [-0.39, 0.29) is 11.8 Å². The number of aromatic amines is 1.